The zero-order valence-corrected chi connectivity index (χ0v) is 24.4. The van der Waals surface area contributed by atoms with Gasteiger partial charge < -0.3 is 14.2 Å². The van der Waals surface area contributed by atoms with Gasteiger partial charge in [-0.1, -0.05) is 23.5 Å². The molecular weight excluding hydrogens is 576 g/mol. The van der Waals surface area contributed by atoms with Gasteiger partial charge in [0.25, 0.3) is 5.56 Å². The third-order valence-corrected chi connectivity index (χ3v) is 8.10. The molecule has 2 heterocycles. The highest BCUT2D eigenvalue weighted by atomic mass is 79.9. The van der Waals surface area contributed by atoms with Crippen LogP contribution >= 0.6 is 39.0 Å². The number of halogens is 1. The number of carbonyl (C=O) groups is 1. The second-order valence-corrected chi connectivity index (χ2v) is 10.8. The first-order valence-electron chi connectivity index (χ1n) is 11.7. The SMILES string of the molecule is CCOC(=O)C1=C(C)N=c2s/c(=C\c3cc(Br)c(OC)c(OCC)c3)c(=O)n2[C@@H]1c1ccc(SC)cc1. The molecule has 4 rings (SSSR count). The Morgan fingerprint density at radius 3 is 2.57 bits per heavy atom. The van der Waals surface area contributed by atoms with E-state index in [1.54, 1.807) is 43.4 Å². The van der Waals surface area contributed by atoms with Gasteiger partial charge in [-0.05, 0) is 84.4 Å². The molecule has 1 aromatic heterocycles. The largest absolute Gasteiger partial charge is 0.492 e. The van der Waals surface area contributed by atoms with E-state index in [2.05, 4.69) is 20.9 Å². The highest BCUT2D eigenvalue weighted by Gasteiger charge is 2.33. The molecule has 0 aliphatic carbocycles. The number of carbonyl (C=O) groups excluding carboxylic acids is 1. The first-order valence-corrected chi connectivity index (χ1v) is 14.5. The third-order valence-electron chi connectivity index (χ3n) is 5.78. The van der Waals surface area contributed by atoms with Crippen LogP contribution in [-0.4, -0.2) is 37.1 Å². The lowest BCUT2D eigenvalue weighted by molar-refractivity contribution is -0.139. The molecule has 0 unspecified atom stereocenters. The second kappa shape index (κ2) is 11.7. The highest BCUT2D eigenvalue weighted by molar-refractivity contribution is 9.10. The summed E-state index contributed by atoms with van der Waals surface area (Å²) in [4.78, 5) is 33.1. The molecule has 0 amide bonds. The summed E-state index contributed by atoms with van der Waals surface area (Å²) in [5, 5.41) is 0. The summed E-state index contributed by atoms with van der Waals surface area (Å²) in [5.41, 5.74) is 2.25. The maximum Gasteiger partial charge on any atom is 0.338 e. The number of hydrogen-bond donors (Lipinski definition) is 0. The van der Waals surface area contributed by atoms with Crippen molar-refractivity contribution in [2.45, 2.75) is 31.7 Å². The predicted molar refractivity (Wildman–Crippen MR) is 150 cm³/mol. The second-order valence-electron chi connectivity index (χ2n) is 8.04. The third kappa shape index (κ3) is 5.42. The Hall–Kier alpha value is -2.82. The fourth-order valence-corrected chi connectivity index (χ4v) is 6.25. The summed E-state index contributed by atoms with van der Waals surface area (Å²) in [6.45, 7) is 6.13. The quantitative estimate of drug-likeness (QED) is 0.275. The average molecular weight is 604 g/mol. The molecule has 7 nitrogen and oxygen atoms in total. The fourth-order valence-electron chi connectivity index (χ4n) is 4.18. The van der Waals surface area contributed by atoms with Crippen LogP contribution in [0.1, 0.15) is 37.9 Å². The van der Waals surface area contributed by atoms with Crippen molar-refractivity contribution in [2.24, 2.45) is 4.99 Å². The molecule has 0 spiro atoms. The van der Waals surface area contributed by atoms with E-state index in [9.17, 15) is 9.59 Å². The minimum absolute atomic E-state index is 0.229. The topological polar surface area (TPSA) is 79.1 Å². The number of benzene rings is 2. The van der Waals surface area contributed by atoms with Crippen molar-refractivity contribution >= 4 is 51.1 Å². The number of rotatable bonds is 8. The molecule has 0 N–H and O–H groups in total. The highest BCUT2D eigenvalue weighted by Crippen LogP contribution is 2.37. The van der Waals surface area contributed by atoms with E-state index < -0.39 is 12.0 Å². The van der Waals surface area contributed by atoms with Crippen LogP contribution in [0.25, 0.3) is 6.08 Å². The molecule has 0 saturated heterocycles. The van der Waals surface area contributed by atoms with E-state index in [0.29, 0.717) is 43.2 Å². The number of ether oxygens (including phenoxy) is 3. The maximum atomic E-state index is 13.8. The van der Waals surface area contributed by atoms with E-state index >= 15 is 0 Å². The summed E-state index contributed by atoms with van der Waals surface area (Å²) in [6.07, 6.45) is 3.80. The summed E-state index contributed by atoms with van der Waals surface area (Å²) in [5.74, 6) is 0.687. The van der Waals surface area contributed by atoms with Gasteiger partial charge in [0.05, 0.1) is 46.6 Å². The van der Waals surface area contributed by atoms with Gasteiger partial charge in [-0.2, -0.15) is 0 Å². The lowest BCUT2D eigenvalue weighted by Crippen LogP contribution is -2.39. The molecule has 37 heavy (non-hydrogen) atoms. The van der Waals surface area contributed by atoms with Gasteiger partial charge in [-0.3, -0.25) is 9.36 Å². The molecule has 1 aliphatic heterocycles. The lowest BCUT2D eigenvalue weighted by Gasteiger charge is -2.24. The number of esters is 1. The first-order chi connectivity index (χ1) is 17.8. The number of methoxy groups -OCH3 is 1. The van der Waals surface area contributed by atoms with Crippen LogP contribution in [0.15, 0.2) is 66.8 Å². The van der Waals surface area contributed by atoms with Crippen LogP contribution < -0.4 is 24.4 Å². The Labute approximate surface area is 231 Å². The predicted octanol–water partition coefficient (Wildman–Crippen LogP) is 4.69. The molecular formula is C27H27BrN2O5S2. The van der Waals surface area contributed by atoms with Crippen molar-refractivity contribution in [1.82, 2.24) is 4.57 Å². The number of thiazole rings is 1. The normalized spacial score (nSPS) is 15.3. The fraction of sp³-hybridized carbons (Fsp3) is 0.296. The molecule has 0 saturated carbocycles. The zero-order valence-electron chi connectivity index (χ0n) is 21.2. The van der Waals surface area contributed by atoms with Gasteiger partial charge in [0, 0.05) is 4.90 Å². The van der Waals surface area contributed by atoms with Gasteiger partial charge >= 0.3 is 5.97 Å². The Bertz CT molecular complexity index is 1540. The molecule has 1 aliphatic rings. The monoisotopic (exact) mass is 602 g/mol. The minimum Gasteiger partial charge on any atom is -0.492 e. The van der Waals surface area contributed by atoms with Crippen LogP contribution in [0, 0.1) is 0 Å². The van der Waals surface area contributed by atoms with Gasteiger partial charge in [-0.25, -0.2) is 9.79 Å². The van der Waals surface area contributed by atoms with Crippen molar-refractivity contribution in [3.8, 4) is 11.5 Å². The van der Waals surface area contributed by atoms with Crippen LogP contribution in [0.4, 0.5) is 0 Å². The number of nitrogens with zero attached hydrogens (tertiary/aromatic N) is 2. The van der Waals surface area contributed by atoms with Gasteiger partial charge in [0.1, 0.15) is 0 Å². The van der Waals surface area contributed by atoms with E-state index in [-0.39, 0.29) is 12.2 Å². The van der Waals surface area contributed by atoms with Gasteiger partial charge in [0.2, 0.25) is 0 Å². The van der Waals surface area contributed by atoms with Crippen LogP contribution in [-0.2, 0) is 9.53 Å². The first kappa shape index (κ1) is 27.2. The molecule has 0 bridgehead atoms. The van der Waals surface area contributed by atoms with Crippen molar-refractivity contribution < 1.29 is 19.0 Å². The summed E-state index contributed by atoms with van der Waals surface area (Å²) < 4.78 is 19.3. The Kier molecular flexibility index (Phi) is 8.61. The van der Waals surface area contributed by atoms with E-state index in [1.165, 1.54) is 11.3 Å². The number of fused-ring (bicyclic) bond motifs is 1. The lowest BCUT2D eigenvalue weighted by atomic mass is 9.96. The standard InChI is InChI=1S/C27H27BrN2O5S2/c1-6-34-20-13-16(12-19(28)24(20)33-4)14-21-25(31)30-23(17-8-10-18(36-5)11-9-17)22(26(32)35-7-2)15(3)29-27(30)37-21/h8-14,23H,6-7H2,1-5H3/b21-14-/t23-/m1/s1. The van der Waals surface area contributed by atoms with Crippen molar-refractivity contribution in [3.05, 3.63) is 83.0 Å². The average Bonchev–Trinajstić information content (AvgIpc) is 3.17. The van der Waals surface area contributed by atoms with Crippen LogP contribution in [0.3, 0.4) is 0 Å². The Morgan fingerprint density at radius 1 is 1.22 bits per heavy atom. The zero-order chi connectivity index (χ0) is 26.7. The summed E-state index contributed by atoms with van der Waals surface area (Å²) in [6, 6.07) is 10.9. The number of thioether (sulfide) groups is 1. The molecule has 194 valence electrons. The summed E-state index contributed by atoms with van der Waals surface area (Å²) in [7, 11) is 1.58. The molecule has 2 aromatic carbocycles. The molecule has 0 radical (unpaired) electrons. The van der Waals surface area contributed by atoms with E-state index in [0.717, 1.165) is 16.0 Å². The van der Waals surface area contributed by atoms with Crippen LogP contribution in [0.5, 0.6) is 11.5 Å². The molecule has 1 atom stereocenters. The van der Waals surface area contributed by atoms with Crippen molar-refractivity contribution in [2.75, 3.05) is 26.6 Å². The maximum absolute atomic E-state index is 13.8. The molecule has 0 fully saturated rings. The molecule has 3 aromatic rings. The number of aromatic nitrogens is 1. The van der Waals surface area contributed by atoms with Crippen molar-refractivity contribution in [1.29, 1.82) is 0 Å². The van der Waals surface area contributed by atoms with E-state index in [1.807, 2.05) is 49.6 Å². The molecule has 10 heteroatoms. The van der Waals surface area contributed by atoms with Gasteiger partial charge in [0.15, 0.2) is 16.3 Å². The van der Waals surface area contributed by atoms with Crippen LogP contribution in [0.2, 0.25) is 0 Å². The summed E-state index contributed by atoms with van der Waals surface area (Å²) >= 11 is 6.44. The Balaban J connectivity index is 1.92. The Morgan fingerprint density at radius 2 is 1.95 bits per heavy atom. The number of hydrogen-bond acceptors (Lipinski definition) is 8. The van der Waals surface area contributed by atoms with E-state index in [4.69, 9.17) is 14.2 Å². The number of allylic oxidation sites excluding steroid dienone is 1. The minimum atomic E-state index is -0.644. The van der Waals surface area contributed by atoms with Gasteiger partial charge in [-0.15, -0.1) is 11.8 Å². The van der Waals surface area contributed by atoms with Crippen molar-refractivity contribution in [3.63, 3.8) is 0 Å². The smallest absolute Gasteiger partial charge is 0.338 e.